The number of carbonyl (C=O) groups is 2. The third-order valence-corrected chi connectivity index (χ3v) is 3.54. The van der Waals surface area contributed by atoms with Gasteiger partial charge >= 0.3 is 5.97 Å². The van der Waals surface area contributed by atoms with Gasteiger partial charge in [0.1, 0.15) is 6.54 Å². The van der Waals surface area contributed by atoms with Gasteiger partial charge in [0.05, 0.1) is 0 Å². The Hall–Kier alpha value is -2.22. The van der Waals surface area contributed by atoms with E-state index in [-0.39, 0.29) is 18.9 Å². The smallest absolute Gasteiger partial charge is 0.323 e. The van der Waals surface area contributed by atoms with Gasteiger partial charge in [-0.05, 0) is 18.4 Å². The fourth-order valence-corrected chi connectivity index (χ4v) is 2.41. The van der Waals surface area contributed by atoms with Gasteiger partial charge < -0.3 is 14.5 Å². The Morgan fingerprint density at radius 2 is 2.29 bits per heavy atom. The van der Waals surface area contributed by atoms with Crippen LogP contribution in [0.2, 0.25) is 0 Å². The number of rotatable bonds is 7. The standard InChI is InChI=1S/C13H15N3O4S/c1-2-16(7-12(18)19)11(17)4-3-10-14-13(15-20-10)9-5-6-21-8-9/h5-6,8H,2-4,7H2,1H3,(H,18,19). The summed E-state index contributed by atoms with van der Waals surface area (Å²) in [5, 5.41) is 16.4. The average Bonchev–Trinajstić information content (AvgIpc) is 3.12. The summed E-state index contributed by atoms with van der Waals surface area (Å²) in [5.74, 6) is -0.398. The minimum absolute atomic E-state index is 0.145. The van der Waals surface area contributed by atoms with Crippen LogP contribution in [-0.4, -0.2) is 45.1 Å². The number of likely N-dealkylation sites (N-methyl/N-ethyl adjacent to an activating group) is 1. The van der Waals surface area contributed by atoms with Crippen LogP contribution >= 0.6 is 11.3 Å². The van der Waals surface area contributed by atoms with Crippen LogP contribution < -0.4 is 0 Å². The maximum Gasteiger partial charge on any atom is 0.323 e. The summed E-state index contributed by atoms with van der Waals surface area (Å²) in [6.45, 7) is 1.80. The highest BCUT2D eigenvalue weighted by Crippen LogP contribution is 2.19. The van der Waals surface area contributed by atoms with Gasteiger partial charge in [0.15, 0.2) is 0 Å². The van der Waals surface area contributed by atoms with Gasteiger partial charge in [0.2, 0.25) is 17.6 Å². The normalized spacial score (nSPS) is 10.5. The van der Waals surface area contributed by atoms with E-state index in [9.17, 15) is 9.59 Å². The summed E-state index contributed by atoms with van der Waals surface area (Å²) in [5.41, 5.74) is 0.877. The Morgan fingerprint density at radius 3 is 2.90 bits per heavy atom. The number of hydrogen-bond acceptors (Lipinski definition) is 6. The predicted octanol–water partition coefficient (Wildman–Crippen LogP) is 1.66. The summed E-state index contributed by atoms with van der Waals surface area (Å²) in [7, 11) is 0. The Bertz CT molecular complexity index is 609. The molecule has 112 valence electrons. The third kappa shape index (κ3) is 4.12. The van der Waals surface area contributed by atoms with Crippen LogP contribution in [0.15, 0.2) is 21.3 Å². The van der Waals surface area contributed by atoms with E-state index in [2.05, 4.69) is 10.1 Å². The number of carbonyl (C=O) groups excluding carboxylic acids is 1. The number of amides is 1. The van der Waals surface area contributed by atoms with Crippen LogP contribution in [0.1, 0.15) is 19.2 Å². The van der Waals surface area contributed by atoms with Gasteiger partial charge in [-0.15, -0.1) is 0 Å². The topological polar surface area (TPSA) is 96.5 Å². The summed E-state index contributed by atoms with van der Waals surface area (Å²) < 4.78 is 5.09. The summed E-state index contributed by atoms with van der Waals surface area (Å²) >= 11 is 1.54. The Labute approximate surface area is 125 Å². The van der Waals surface area contributed by atoms with Crippen molar-refractivity contribution in [3.05, 3.63) is 22.7 Å². The Kier molecular flexibility index (Phi) is 5.04. The van der Waals surface area contributed by atoms with Gasteiger partial charge in [-0.3, -0.25) is 9.59 Å². The maximum absolute atomic E-state index is 11.9. The maximum atomic E-state index is 11.9. The van der Waals surface area contributed by atoms with Crippen molar-refractivity contribution in [3.63, 3.8) is 0 Å². The molecule has 2 aromatic heterocycles. The lowest BCUT2D eigenvalue weighted by Crippen LogP contribution is -2.35. The zero-order valence-electron chi connectivity index (χ0n) is 11.5. The van der Waals surface area contributed by atoms with E-state index >= 15 is 0 Å². The van der Waals surface area contributed by atoms with E-state index in [1.54, 1.807) is 6.92 Å². The molecule has 0 fully saturated rings. The van der Waals surface area contributed by atoms with Gasteiger partial charge in [-0.1, -0.05) is 5.16 Å². The number of carboxylic acids is 1. The minimum Gasteiger partial charge on any atom is -0.480 e. The zero-order chi connectivity index (χ0) is 15.2. The molecule has 0 atom stereocenters. The van der Waals surface area contributed by atoms with Crippen LogP contribution in [0.25, 0.3) is 11.4 Å². The predicted molar refractivity (Wildman–Crippen MR) is 75.8 cm³/mol. The molecule has 1 N–H and O–H groups in total. The van der Waals surface area contributed by atoms with Crippen molar-refractivity contribution < 1.29 is 19.2 Å². The molecule has 2 aromatic rings. The molecule has 0 radical (unpaired) electrons. The van der Waals surface area contributed by atoms with Crippen molar-refractivity contribution in [3.8, 4) is 11.4 Å². The zero-order valence-corrected chi connectivity index (χ0v) is 12.3. The van der Waals surface area contributed by atoms with Crippen LogP contribution in [-0.2, 0) is 16.0 Å². The van der Waals surface area contributed by atoms with E-state index < -0.39 is 5.97 Å². The Balaban J connectivity index is 1.91. The van der Waals surface area contributed by atoms with E-state index in [4.69, 9.17) is 9.63 Å². The molecule has 0 saturated heterocycles. The monoisotopic (exact) mass is 309 g/mol. The number of nitrogens with zero attached hydrogens (tertiary/aromatic N) is 3. The lowest BCUT2D eigenvalue weighted by atomic mass is 10.2. The van der Waals surface area contributed by atoms with Gasteiger partial charge in [0.25, 0.3) is 0 Å². The fraction of sp³-hybridized carbons (Fsp3) is 0.385. The average molecular weight is 309 g/mol. The molecule has 2 rings (SSSR count). The first-order valence-electron chi connectivity index (χ1n) is 6.45. The van der Waals surface area contributed by atoms with Crippen molar-refractivity contribution in [2.75, 3.05) is 13.1 Å². The van der Waals surface area contributed by atoms with Crippen LogP contribution in [0.5, 0.6) is 0 Å². The highest BCUT2D eigenvalue weighted by atomic mass is 32.1. The molecule has 0 aromatic carbocycles. The van der Waals surface area contributed by atoms with Gasteiger partial charge in [-0.25, -0.2) is 0 Å². The van der Waals surface area contributed by atoms with Crippen LogP contribution in [0, 0.1) is 0 Å². The third-order valence-electron chi connectivity index (χ3n) is 2.86. The first-order chi connectivity index (χ1) is 10.1. The molecule has 2 heterocycles. The highest BCUT2D eigenvalue weighted by molar-refractivity contribution is 7.08. The van der Waals surface area contributed by atoms with Crippen molar-refractivity contribution in [1.82, 2.24) is 15.0 Å². The lowest BCUT2D eigenvalue weighted by Gasteiger charge is -2.17. The van der Waals surface area contributed by atoms with E-state index in [0.29, 0.717) is 24.7 Å². The molecule has 0 bridgehead atoms. The molecule has 7 nitrogen and oxygen atoms in total. The molecule has 1 amide bonds. The summed E-state index contributed by atoms with van der Waals surface area (Å²) in [6.07, 6.45) is 0.443. The largest absolute Gasteiger partial charge is 0.480 e. The highest BCUT2D eigenvalue weighted by Gasteiger charge is 2.16. The molecule has 0 spiro atoms. The van der Waals surface area contributed by atoms with Crippen molar-refractivity contribution >= 4 is 23.2 Å². The molecule has 0 saturated carbocycles. The molecule has 0 unspecified atom stereocenters. The van der Waals surface area contributed by atoms with E-state index in [0.717, 1.165) is 5.56 Å². The molecule has 0 aliphatic heterocycles. The van der Waals surface area contributed by atoms with Crippen molar-refractivity contribution in [1.29, 1.82) is 0 Å². The molecule has 21 heavy (non-hydrogen) atoms. The number of thiophene rings is 1. The second-order valence-corrected chi connectivity index (χ2v) is 5.11. The molecular formula is C13H15N3O4S. The number of aromatic nitrogens is 2. The first-order valence-corrected chi connectivity index (χ1v) is 7.39. The molecule has 0 aliphatic carbocycles. The van der Waals surface area contributed by atoms with Gasteiger partial charge in [0, 0.05) is 30.3 Å². The van der Waals surface area contributed by atoms with E-state index in [1.807, 2.05) is 16.8 Å². The SMILES string of the molecule is CCN(CC(=O)O)C(=O)CCc1nc(-c2ccsc2)no1. The second kappa shape index (κ2) is 6.98. The summed E-state index contributed by atoms with van der Waals surface area (Å²) in [4.78, 5) is 28.0. The molecule has 0 aliphatic rings. The number of aryl methyl sites for hydroxylation is 1. The molecular weight excluding hydrogens is 294 g/mol. The summed E-state index contributed by atoms with van der Waals surface area (Å²) in [6, 6.07) is 1.89. The van der Waals surface area contributed by atoms with Crippen LogP contribution in [0.3, 0.4) is 0 Å². The Morgan fingerprint density at radius 1 is 1.48 bits per heavy atom. The first kappa shape index (κ1) is 15.2. The number of aliphatic carboxylic acids is 1. The van der Waals surface area contributed by atoms with Gasteiger partial charge in [-0.2, -0.15) is 16.3 Å². The fourth-order valence-electron chi connectivity index (χ4n) is 1.78. The number of carboxylic acid groups (broad SMARTS) is 1. The van der Waals surface area contributed by atoms with Crippen LogP contribution in [0.4, 0.5) is 0 Å². The molecule has 8 heteroatoms. The van der Waals surface area contributed by atoms with E-state index in [1.165, 1.54) is 16.2 Å². The quantitative estimate of drug-likeness (QED) is 0.835. The number of hydrogen-bond donors (Lipinski definition) is 1. The van der Waals surface area contributed by atoms with Crippen molar-refractivity contribution in [2.45, 2.75) is 19.8 Å². The lowest BCUT2D eigenvalue weighted by molar-refractivity contribution is -0.144. The second-order valence-electron chi connectivity index (χ2n) is 4.33. The minimum atomic E-state index is -1.03. The van der Waals surface area contributed by atoms with Crippen molar-refractivity contribution in [2.24, 2.45) is 0 Å².